The number of anilines is 1. The van der Waals surface area contributed by atoms with E-state index in [1.165, 1.54) is 6.33 Å². The van der Waals surface area contributed by atoms with Crippen molar-refractivity contribution in [3.05, 3.63) is 95.9 Å². The van der Waals surface area contributed by atoms with Gasteiger partial charge in [0.25, 0.3) is 0 Å². The molecular weight excluding hydrogens is 447 g/mol. The number of rotatable bonds is 9. The van der Waals surface area contributed by atoms with E-state index >= 15 is 4.39 Å². The van der Waals surface area contributed by atoms with Crippen molar-refractivity contribution < 1.29 is 18.6 Å². The molecule has 2 aromatic heterocycles. The van der Waals surface area contributed by atoms with Gasteiger partial charge in [-0.2, -0.15) is 5.10 Å². The molecule has 0 saturated carbocycles. The van der Waals surface area contributed by atoms with Crippen LogP contribution in [-0.4, -0.2) is 39.6 Å². The first-order chi connectivity index (χ1) is 17.1. The third kappa shape index (κ3) is 4.52. The van der Waals surface area contributed by atoms with Gasteiger partial charge in [-0.1, -0.05) is 67.6 Å². The monoisotopic (exact) mass is 476 g/mol. The van der Waals surface area contributed by atoms with Crippen LogP contribution in [-0.2, 0) is 33.0 Å². The van der Waals surface area contributed by atoms with Crippen LogP contribution < -0.4 is 5.73 Å². The van der Waals surface area contributed by atoms with Crippen molar-refractivity contribution in [2.45, 2.75) is 50.5 Å². The maximum atomic E-state index is 16.4. The summed E-state index contributed by atoms with van der Waals surface area (Å²) >= 11 is 0. The molecule has 7 nitrogen and oxygen atoms in total. The second kappa shape index (κ2) is 10.1. The van der Waals surface area contributed by atoms with Gasteiger partial charge >= 0.3 is 0 Å². The molecular formula is C27H29FN4O3. The Morgan fingerprint density at radius 3 is 2.37 bits per heavy atom. The topological polar surface area (TPSA) is 83.9 Å². The Morgan fingerprint density at radius 1 is 1.00 bits per heavy atom. The van der Waals surface area contributed by atoms with Crippen LogP contribution in [0.2, 0.25) is 0 Å². The minimum absolute atomic E-state index is 0.191. The molecule has 1 saturated heterocycles. The lowest BCUT2D eigenvalue weighted by Gasteiger charge is -2.29. The fourth-order valence-corrected chi connectivity index (χ4v) is 4.74. The lowest BCUT2D eigenvalue weighted by atomic mass is 9.89. The highest BCUT2D eigenvalue weighted by Gasteiger charge is 2.58. The standard InChI is InChI=1S/C27H29FN4O3/c1-2-27(23-14-13-21-26(29)30-18-31-32(21)23)25(28)24(34-16-20-11-7-4-8-12-20)22(35-27)17-33-15-19-9-5-3-6-10-19/h3-14,18,22,24-25H,2,15-17H2,1H3,(H2,29,30,31)/t22-,24-,25-,27?/m1/s1. The highest BCUT2D eigenvalue weighted by atomic mass is 19.1. The summed E-state index contributed by atoms with van der Waals surface area (Å²) in [5.74, 6) is 0.325. The Hall–Kier alpha value is -3.33. The maximum absolute atomic E-state index is 16.4. The van der Waals surface area contributed by atoms with Crippen LogP contribution in [0.25, 0.3) is 5.52 Å². The molecule has 2 aromatic carbocycles. The second-order valence-corrected chi connectivity index (χ2v) is 8.72. The van der Waals surface area contributed by atoms with Gasteiger partial charge in [-0.05, 0) is 29.7 Å². The third-order valence-corrected chi connectivity index (χ3v) is 6.58. The first-order valence-corrected chi connectivity index (χ1v) is 11.8. The van der Waals surface area contributed by atoms with E-state index in [9.17, 15) is 0 Å². The van der Waals surface area contributed by atoms with Crippen molar-refractivity contribution in [2.24, 2.45) is 0 Å². The van der Waals surface area contributed by atoms with Crippen molar-refractivity contribution in [1.82, 2.24) is 14.6 Å². The second-order valence-electron chi connectivity index (χ2n) is 8.72. The molecule has 0 aliphatic carbocycles. The first-order valence-electron chi connectivity index (χ1n) is 11.8. The molecule has 0 amide bonds. The smallest absolute Gasteiger partial charge is 0.163 e. The molecule has 5 rings (SSSR count). The normalized spacial score (nSPS) is 24.2. The summed E-state index contributed by atoms with van der Waals surface area (Å²) in [6.45, 7) is 2.77. The van der Waals surface area contributed by atoms with E-state index in [2.05, 4.69) is 10.1 Å². The van der Waals surface area contributed by atoms with E-state index in [1.54, 1.807) is 16.6 Å². The molecule has 0 bridgehead atoms. The highest BCUT2D eigenvalue weighted by Crippen LogP contribution is 2.46. The number of benzene rings is 2. The fraction of sp³-hybridized carbons (Fsp3) is 0.333. The minimum atomic E-state index is -1.45. The van der Waals surface area contributed by atoms with Crippen molar-refractivity contribution in [2.75, 3.05) is 12.3 Å². The number of hydrogen-bond donors (Lipinski definition) is 1. The van der Waals surface area contributed by atoms with Gasteiger partial charge in [0.1, 0.15) is 29.7 Å². The molecule has 182 valence electrons. The van der Waals surface area contributed by atoms with Crippen LogP contribution in [0.15, 0.2) is 79.1 Å². The van der Waals surface area contributed by atoms with Crippen LogP contribution in [0, 0.1) is 0 Å². The number of alkyl halides is 1. The largest absolute Gasteiger partial charge is 0.382 e. The molecule has 1 aliphatic rings. The average molecular weight is 477 g/mol. The van der Waals surface area contributed by atoms with E-state index in [1.807, 2.05) is 67.6 Å². The Labute approximate surface area is 203 Å². The summed E-state index contributed by atoms with van der Waals surface area (Å²) < 4.78 is 36.6. The number of nitrogen functional groups attached to an aromatic ring is 1. The van der Waals surface area contributed by atoms with Gasteiger partial charge in [0.2, 0.25) is 0 Å². The zero-order valence-corrected chi connectivity index (χ0v) is 19.6. The van der Waals surface area contributed by atoms with Crippen LogP contribution in [0.1, 0.15) is 30.2 Å². The molecule has 1 aliphatic heterocycles. The Balaban J connectivity index is 1.43. The summed E-state index contributed by atoms with van der Waals surface area (Å²) in [5.41, 5.74) is 7.94. The van der Waals surface area contributed by atoms with Crippen molar-refractivity contribution in [3.8, 4) is 0 Å². The molecule has 0 spiro atoms. The third-order valence-electron chi connectivity index (χ3n) is 6.58. The van der Waals surface area contributed by atoms with Crippen molar-refractivity contribution in [1.29, 1.82) is 0 Å². The molecule has 2 N–H and O–H groups in total. The number of halogens is 1. The number of fused-ring (bicyclic) bond motifs is 1. The van der Waals surface area contributed by atoms with E-state index in [-0.39, 0.29) is 13.2 Å². The maximum Gasteiger partial charge on any atom is 0.163 e. The lowest BCUT2D eigenvalue weighted by Crippen LogP contribution is -2.39. The molecule has 3 heterocycles. The fourth-order valence-electron chi connectivity index (χ4n) is 4.74. The number of hydrogen-bond acceptors (Lipinski definition) is 6. The predicted octanol–water partition coefficient (Wildman–Crippen LogP) is 4.46. The van der Waals surface area contributed by atoms with Gasteiger partial charge in [-0.3, -0.25) is 0 Å². The quantitative estimate of drug-likeness (QED) is 0.384. The Morgan fingerprint density at radius 2 is 1.69 bits per heavy atom. The van der Waals surface area contributed by atoms with Gasteiger partial charge < -0.3 is 19.9 Å². The van der Waals surface area contributed by atoms with E-state index < -0.39 is 24.0 Å². The van der Waals surface area contributed by atoms with Crippen molar-refractivity contribution in [3.63, 3.8) is 0 Å². The van der Waals surface area contributed by atoms with Crippen molar-refractivity contribution >= 4 is 11.3 Å². The average Bonchev–Trinajstić information content (AvgIpc) is 3.44. The van der Waals surface area contributed by atoms with E-state index in [0.717, 1.165) is 11.1 Å². The summed E-state index contributed by atoms with van der Waals surface area (Å²) in [6.07, 6.45) is -1.14. The van der Waals surface area contributed by atoms with Crippen LogP contribution in [0.3, 0.4) is 0 Å². The van der Waals surface area contributed by atoms with Gasteiger partial charge in [-0.25, -0.2) is 13.9 Å². The molecule has 1 unspecified atom stereocenters. The predicted molar refractivity (Wildman–Crippen MR) is 130 cm³/mol. The number of ether oxygens (including phenoxy) is 3. The van der Waals surface area contributed by atoms with Gasteiger partial charge in [-0.15, -0.1) is 0 Å². The zero-order chi connectivity index (χ0) is 24.3. The molecule has 4 atom stereocenters. The van der Waals surface area contributed by atoms with Gasteiger partial charge in [0.15, 0.2) is 12.0 Å². The summed E-state index contributed by atoms with van der Waals surface area (Å²) in [6, 6.07) is 23.2. The first kappa shape index (κ1) is 23.4. The summed E-state index contributed by atoms with van der Waals surface area (Å²) in [5, 5.41) is 4.33. The molecule has 0 radical (unpaired) electrons. The van der Waals surface area contributed by atoms with Gasteiger partial charge in [0, 0.05) is 0 Å². The Kier molecular flexibility index (Phi) is 6.77. The van der Waals surface area contributed by atoms with Crippen LogP contribution >= 0.6 is 0 Å². The lowest BCUT2D eigenvalue weighted by molar-refractivity contribution is -0.107. The molecule has 8 heteroatoms. The van der Waals surface area contributed by atoms with Gasteiger partial charge in [0.05, 0.1) is 25.5 Å². The number of aromatic nitrogens is 3. The molecule has 35 heavy (non-hydrogen) atoms. The number of nitrogens with two attached hydrogens (primary N) is 1. The molecule has 1 fully saturated rings. The molecule has 4 aromatic rings. The summed E-state index contributed by atoms with van der Waals surface area (Å²) in [7, 11) is 0. The SMILES string of the molecule is CCC1(c2ccc3c(N)ncnn23)O[C@H](COCc2ccccc2)[C@@H](OCc2ccccc2)[C@H]1F. The minimum Gasteiger partial charge on any atom is -0.382 e. The van der Waals surface area contributed by atoms with E-state index in [0.29, 0.717) is 30.1 Å². The zero-order valence-electron chi connectivity index (χ0n) is 19.6. The number of nitrogens with zero attached hydrogens (tertiary/aromatic N) is 3. The Bertz CT molecular complexity index is 1250. The highest BCUT2D eigenvalue weighted by molar-refractivity contribution is 5.65. The van der Waals surface area contributed by atoms with Crippen LogP contribution in [0.5, 0.6) is 0 Å². The van der Waals surface area contributed by atoms with E-state index in [4.69, 9.17) is 19.9 Å². The van der Waals surface area contributed by atoms with Crippen LogP contribution in [0.4, 0.5) is 10.2 Å². The summed E-state index contributed by atoms with van der Waals surface area (Å²) in [4.78, 5) is 4.04.